The van der Waals surface area contributed by atoms with E-state index in [0.29, 0.717) is 36.0 Å². The monoisotopic (exact) mass is 454 g/mol. The maximum Gasteiger partial charge on any atom is 0.264 e. The van der Waals surface area contributed by atoms with Crippen molar-refractivity contribution >= 4 is 34.5 Å². The molecular weight excluding hydrogens is 432 g/mol. The highest BCUT2D eigenvalue weighted by Crippen LogP contribution is 2.33. The molecular formula is C23H22N2O4S2. The van der Waals surface area contributed by atoms with Crippen LogP contribution in [0.5, 0.6) is 11.5 Å². The Labute approximate surface area is 188 Å². The minimum Gasteiger partial charge on any atom is -0.454 e. The molecule has 1 aliphatic heterocycles. The SMILES string of the molecule is C=CCN(CC(=O)N(Cc1ccc2c(c1)OCO2)Cc1cccs1)C(=O)c1cccs1. The van der Waals surface area contributed by atoms with Crippen molar-refractivity contribution in [2.45, 2.75) is 13.1 Å². The zero-order chi connectivity index (χ0) is 21.6. The van der Waals surface area contributed by atoms with Gasteiger partial charge in [0, 0.05) is 18.0 Å². The Morgan fingerprint density at radius 2 is 1.81 bits per heavy atom. The Hall–Kier alpha value is -3.10. The first kappa shape index (κ1) is 21.1. The first-order valence-corrected chi connectivity index (χ1v) is 11.5. The third-order valence-electron chi connectivity index (χ3n) is 4.78. The second kappa shape index (κ2) is 9.80. The average Bonchev–Trinajstić information content (AvgIpc) is 3.54. The lowest BCUT2D eigenvalue weighted by Crippen LogP contribution is -2.42. The van der Waals surface area contributed by atoms with Crippen molar-refractivity contribution in [3.05, 3.63) is 81.2 Å². The van der Waals surface area contributed by atoms with Crippen LogP contribution >= 0.6 is 22.7 Å². The van der Waals surface area contributed by atoms with Crippen molar-refractivity contribution in [3.8, 4) is 11.5 Å². The van der Waals surface area contributed by atoms with Crippen LogP contribution in [0.3, 0.4) is 0 Å². The summed E-state index contributed by atoms with van der Waals surface area (Å²) in [7, 11) is 0. The van der Waals surface area contributed by atoms with Crippen molar-refractivity contribution in [1.29, 1.82) is 0 Å². The lowest BCUT2D eigenvalue weighted by Gasteiger charge is -2.27. The summed E-state index contributed by atoms with van der Waals surface area (Å²) in [6.45, 7) is 5.11. The van der Waals surface area contributed by atoms with E-state index in [1.807, 2.05) is 47.2 Å². The fourth-order valence-electron chi connectivity index (χ4n) is 3.28. The van der Waals surface area contributed by atoms with Crippen molar-refractivity contribution in [1.82, 2.24) is 9.80 Å². The van der Waals surface area contributed by atoms with Gasteiger partial charge < -0.3 is 19.3 Å². The number of carbonyl (C=O) groups is 2. The fourth-order valence-corrected chi connectivity index (χ4v) is 4.69. The van der Waals surface area contributed by atoms with Gasteiger partial charge >= 0.3 is 0 Å². The lowest BCUT2D eigenvalue weighted by molar-refractivity contribution is -0.133. The second-order valence-electron chi connectivity index (χ2n) is 6.97. The van der Waals surface area contributed by atoms with Crippen LogP contribution in [0.1, 0.15) is 20.1 Å². The third-order valence-corrected chi connectivity index (χ3v) is 6.50. The molecule has 0 spiro atoms. The van der Waals surface area contributed by atoms with Crippen LogP contribution < -0.4 is 9.47 Å². The molecule has 0 aliphatic carbocycles. The van der Waals surface area contributed by atoms with E-state index in [9.17, 15) is 9.59 Å². The zero-order valence-electron chi connectivity index (χ0n) is 16.9. The number of nitrogens with zero attached hydrogens (tertiary/aromatic N) is 2. The Bertz CT molecular complexity index is 1050. The van der Waals surface area contributed by atoms with Gasteiger partial charge in [0.05, 0.1) is 11.4 Å². The van der Waals surface area contributed by atoms with E-state index in [1.165, 1.54) is 16.2 Å². The molecule has 4 rings (SSSR count). The maximum atomic E-state index is 13.3. The largest absolute Gasteiger partial charge is 0.454 e. The zero-order valence-corrected chi connectivity index (χ0v) is 18.5. The molecule has 0 atom stereocenters. The topological polar surface area (TPSA) is 59.1 Å². The van der Waals surface area contributed by atoms with E-state index < -0.39 is 0 Å². The van der Waals surface area contributed by atoms with Gasteiger partial charge in [0.25, 0.3) is 5.91 Å². The third kappa shape index (κ3) is 5.15. The van der Waals surface area contributed by atoms with Gasteiger partial charge in [-0.25, -0.2) is 0 Å². The molecule has 0 saturated heterocycles. The van der Waals surface area contributed by atoms with Gasteiger partial charge in [-0.3, -0.25) is 9.59 Å². The van der Waals surface area contributed by atoms with Crippen LogP contribution in [-0.4, -0.2) is 41.5 Å². The van der Waals surface area contributed by atoms with Crippen LogP contribution in [-0.2, 0) is 17.9 Å². The fraction of sp³-hybridized carbons (Fsp3) is 0.217. The van der Waals surface area contributed by atoms with E-state index in [0.717, 1.165) is 10.4 Å². The Balaban J connectivity index is 1.52. The summed E-state index contributed by atoms with van der Waals surface area (Å²) in [5, 5.41) is 3.84. The Morgan fingerprint density at radius 1 is 1.00 bits per heavy atom. The predicted octanol–water partition coefficient (Wildman–Crippen LogP) is 4.40. The summed E-state index contributed by atoms with van der Waals surface area (Å²) in [4.78, 5) is 31.1. The van der Waals surface area contributed by atoms with Crippen LogP contribution in [0.2, 0.25) is 0 Å². The molecule has 2 amide bonds. The van der Waals surface area contributed by atoms with Gasteiger partial charge in [-0.2, -0.15) is 0 Å². The van der Waals surface area contributed by atoms with E-state index in [1.54, 1.807) is 28.4 Å². The number of benzene rings is 1. The predicted molar refractivity (Wildman–Crippen MR) is 122 cm³/mol. The number of rotatable bonds is 9. The molecule has 2 aromatic heterocycles. The molecule has 1 aromatic carbocycles. The lowest BCUT2D eigenvalue weighted by atomic mass is 10.2. The van der Waals surface area contributed by atoms with Crippen LogP contribution in [0.15, 0.2) is 65.9 Å². The van der Waals surface area contributed by atoms with Gasteiger partial charge in [-0.05, 0) is 40.6 Å². The van der Waals surface area contributed by atoms with Gasteiger partial charge in [0.1, 0.15) is 6.54 Å². The number of hydrogen-bond donors (Lipinski definition) is 0. The Morgan fingerprint density at radius 3 is 2.55 bits per heavy atom. The van der Waals surface area contributed by atoms with Gasteiger partial charge in [0.2, 0.25) is 12.7 Å². The molecule has 0 unspecified atom stereocenters. The molecule has 8 heteroatoms. The highest BCUT2D eigenvalue weighted by atomic mass is 32.1. The van der Waals surface area contributed by atoms with Gasteiger partial charge in [0.15, 0.2) is 11.5 Å². The van der Waals surface area contributed by atoms with E-state index in [4.69, 9.17) is 9.47 Å². The molecule has 0 saturated carbocycles. The number of carbonyl (C=O) groups excluding carboxylic acids is 2. The Kier molecular flexibility index (Phi) is 6.69. The number of thiophene rings is 2. The summed E-state index contributed by atoms with van der Waals surface area (Å²) in [5.41, 5.74) is 0.939. The first-order valence-electron chi connectivity index (χ1n) is 9.76. The summed E-state index contributed by atoms with van der Waals surface area (Å²) >= 11 is 2.96. The summed E-state index contributed by atoms with van der Waals surface area (Å²) in [6, 6.07) is 13.3. The molecule has 3 heterocycles. The number of hydrogen-bond acceptors (Lipinski definition) is 6. The van der Waals surface area contributed by atoms with Gasteiger partial charge in [-0.15, -0.1) is 29.3 Å². The molecule has 6 nitrogen and oxygen atoms in total. The highest BCUT2D eigenvalue weighted by Gasteiger charge is 2.23. The molecule has 160 valence electrons. The van der Waals surface area contributed by atoms with Crippen molar-refractivity contribution in [3.63, 3.8) is 0 Å². The smallest absolute Gasteiger partial charge is 0.264 e. The van der Waals surface area contributed by atoms with E-state index >= 15 is 0 Å². The standard InChI is InChI=1S/C23H22N2O4S2/c1-2-9-24(23(27)21-6-4-11-31-21)15-22(26)25(14-18-5-3-10-30-18)13-17-7-8-19-20(12-17)29-16-28-19/h2-8,10-12H,1,9,13-16H2. The molecule has 1 aliphatic rings. The van der Waals surface area contributed by atoms with Crippen LogP contribution in [0.25, 0.3) is 0 Å². The minimum atomic E-state index is -0.164. The molecule has 0 fully saturated rings. The second-order valence-corrected chi connectivity index (χ2v) is 8.95. The maximum absolute atomic E-state index is 13.3. The van der Waals surface area contributed by atoms with Gasteiger partial charge in [-0.1, -0.05) is 24.3 Å². The van der Waals surface area contributed by atoms with Crippen LogP contribution in [0.4, 0.5) is 0 Å². The number of ether oxygens (including phenoxy) is 2. The van der Waals surface area contributed by atoms with Crippen molar-refractivity contribution < 1.29 is 19.1 Å². The van der Waals surface area contributed by atoms with Crippen molar-refractivity contribution in [2.24, 2.45) is 0 Å². The number of fused-ring (bicyclic) bond motifs is 1. The van der Waals surface area contributed by atoms with E-state index in [2.05, 4.69) is 6.58 Å². The van der Waals surface area contributed by atoms with E-state index in [-0.39, 0.29) is 25.2 Å². The molecule has 0 N–H and O–H groups in total. The molecule has 0 bridgehead atoms. The summed E-state index contributed by atoms with van der Waals surface area (Å²) in [6.07, 6.45) is 1.64. The molecule has 0 radical (unpaired) electrons. The van der Waals surface area contributed by atoms with Crippen LogP contribution in [0, 0.1) is 0 Å². The quantitative estimate of drug-likeness (QED) is 0.450. The normalized spacial score (nSPS) is 11.9. The summed E-state index contributed by atoms with van der Waals surface area (Å²) < 4.78 is 10.8. The first-order chi connectivity index (χ1) is 15.1. The molecule has 3 aromatic rings. The average molecular weight is 455 g/mol. The highest BCUT2D eigenvalue weighted by molar-refractivity contribution is 7.12. The summed E-state index contributed by atoms with van der Waals surface area (Å²) in [5.74, 6) is 1.10. The van der Waals surface area contributed by atoms with Crippen molar-refractivity contribution in [2.75, 3.05) is 19.9 Å². The number of amides is 2. The minimum absolute atomic E-state index is 0.0152. The molecule has 31 heavy (non-hydrogen) atoms.